The van der Waals surface area contributed by atoms with Crippen LogP contribution in [0.25, 0.3) is 0 Å². The number of sulfonamides is 1. The average Bonchev–Trinajstić information content (AvgIpc) is 2.90. The summed E-state index contributed by atoms with van der Waals surface area (Å²) in [6.07, 6.45) is 1.36. The molecule has 2 N–H and O–H groups in total. The first-order valence-corrected chi connectivity index (χ1v) is 7.48. The zero-order chi connectivity index (χ0) is 13.9. The van der Waals surface area contributed by atoms with Crippen LogP contribution in [0.15, 0.2) is 21.8 Å². The molecule has 0 amide bonds. The Morgan fingerprint density at radius 2 is 2.16 bits per heavy atom. The number of rotatable bonds is 3. The van der Waals surface area contributed by atoms with Crippen LogP contribution in [0.1, 0.15) is 5.69 Å². The summed E-state index contributed by atoms with van der Waals surface area (Å²) in [7, 11) is -1.74. The second kappa shape index (κ2) is 5.57. The Hall–Kier alpha value is -1.61. The molecular weight excluding hydrogens is 270 g/mol. The summed E-state index contributed by atoms with van der Waals surface area (Å²) >= 11 is 0. The Morgan fingerprint density at radius 1 is 1.47 bits per heavy atom. The molecule has 0 unspecified atom stereocenters. The van der Waals surface area contributed by atoms with Gasteiger partial charge in [0.1, 0.15) is 12.0 Å². The zero-order valence-electron chi connectivity index (χ0n) is 10.7. The van der Waals surface area contributed by atoms with Crippen LogP contribution < -0.4 is 5.73 Å². The van der Waals surface area contributed by atoms with Gasteiger partial charge in [-0.1, -0.05) is 5.16 Å². The van der Waals surface area contributed by atoms with Gasteiger partial charge in [0.15, 0.2) is 5.96 Å². The van der Waals surface area contributed by atoms with Crippen molar-refractivity contribution in [3.05, 3.63) is 18.0 Å². The van der Waals surface area contributed by atoms with Crippen molar-refractivity contribution in [3.63, 3.8) is 0 Å². The Kier molecular flexibility index (Phi) is 4.05. The lowest BCUT2D eigenvalue weighted by Gasteiger charge is -2.34. The van der Waals surface area contributed by atoms with Crippen LogP contribution >= 0.6 is 0 Å². The van der Waals surface area contributed by atoms with E-state index in [9.17, 15) is 8.42 Å². The van der Waals surface area contributed by atoms with E-state index in [1.165, 1.54) is 10.6 Å². The molecule has 1 aromatic heterocycles. The van der Waals surface area contributed by atoms with Gasteiger partial charge in [0.25, 0.3) is 0 Å². The fourth-order valence-electron chi connectivity index (χ4n) is 1.93. The normalized spacial score (nSPS) is 18.8. The van der Waals surface area contributed by atoms with Crippen LogP contribution in [0.4, 0.5) is 0 Å². The van der Waals surface area contributed by atoms with Crippen molar-refractivity contribution < 1.29 is 12.9 Å². The van der Waals surface area contributed by atoms with Crippen molar-refractivity contribution in [2.75, 3.05) is 33.2 Å². The van der Waals surface area contributed by atoms with Gasteiger partial charge in [-0.3, -0.25) is 4.99 Å². The van der Waals surface area contributed by atoms with E-state index in [1.807, 2.05) is 4.90 Å². The van der Waals surface area contributed by atoms with E-state index in [1.54, 1.807) is 13.1 Å². The molecule has 8 nitrogen and oxygen atoms in total. The molecule has 1 fully saturated rings. The largest absolute Gasteiger partial charge is 0.370 e. The molecule has 0 aliphatic carbocycles. The zero-order valence-corrected chi connectivity index (χ0v) is 11.5. The quantitative estimate of drug-likeness (QED) is 0.568. The maximum atomic E-state index is 12.2. The van der Waals surface area contributed by atoms with Crippen LogP contribution in [0.2, 0.25) is 0 Å². The Labute approximate surface area is 111 Å². The van der Waals surface area contributed by atoms with Crippen LogP contribution in [0.5, 0.6) is 0 Å². The van der Waals surface area contributed by atoms with Gasteiger partial charge in [0, 0.05) is 39.3 Å². The molecule has 0 radical (unpaired) electrons. The molecule has 2 rings (SSSR count). The number of aromatic nitrogens is 1. The van der Waals surface area contributed by atoms with Gasteiger partial charge in [-0.15, -0.1) is 0 Å². The number of guanidine groups is 1. The minimum Gasteiger partial charge on any atom is -0.370 e. The molecule has 0 atom stereocenters. The van der Waals surface area contributed by atoms with Gasteiger partial charge in [0.05, 0.1) is 5.69 Å². The van der Waals surface area contributed by atoms with Gasteiger partial charge in [-0.05, 0) is 0 Å². The molecule has 0 spiro atoms. The van der Waals surface area contributed by atoms with Gasteiger partial charge < -0.3 is 15.2 Å². The first-order chi connectivity index (χ1) is 9.03. The smallest absolute Gasteiger partial charge is 0.220 e. The van der Waals surface area contributed by atoms with Crippen molar-refractivity contribution in [2.45, 2.75) is 5.75 Å². The highest BCUT2D eigenvalue weighted by atomic mass is 32.2. The summed E-state index contributed by atoms with van der Waals surface area (Å²) in [5.74, 6) is 0.300. The summed E-state index contributed by atoms with van der Waals surface area (Å²) in [5.41, 5.74) is 6.11. The first-order valence-electron chi connectivity index (χ1n) is 5.87. The predicted octanol–water partition coefficient (Wildman–Crippen LogP) is -0.933. The lowest BCUT2D eigenvalue weighted by atomic mass is 10.4. The van der Waals surface area contributed by atoms with E-state index in [2.05, 4.69) is 14.7 Å². The van der Waals surface area contributed by atoms with Crippen molar-refractivity contribution in [1.82, 2.24) is 14.4 Å². The molecule has 2 heterocycles. The molecule has 106 valence electrons. The third-order valence-corrected chi connectivity index (χ3v) is 4.82. The van der Waals surface area contributed by atoms with Gasteiger partial charge in [-0.2, -0.15) is 4.31 Å². The summed E-state index contributed by atoms with van der Waals surface area (Å²) in [4.78, 5) is 5.75. The number of hydrogen-bond acceptors (Lipinski definition) is 5. The average molecular weight is 287 g/mol. The number of aliphatic imine (C=N–C) groups is 1. The van der Waals surface area contributed by atoms with Crippen molar-refractivity contribution in [2.24, 2.45) is 10.7 Å². The second-order valence-electron chi connectivity index (χ2n) is 4.21. The summed E-state index contributed by atoms with van der Waals surface area (Å²) in [6.45, 7) is 1.88. The first kappa shape index (κ1) is 13.8. The maximum Gasteiger partial charge on any atom is 0.220 e. The SMILES string of the molecule is CN=C(N)N1CCN(S(=O)(=O)Cc2ccon2)CC1. The van der Waals surface area contributed by atoms with Crippen molar-refractivity contribution in [1.29, 1.82) is 0 Å². The van der Waals surface area contributed by atoms with Gasteiger partial charge in [0.2, 0.25) is 10.0 Å². The third-order valence-electron chi connectivity index (χ3n) is 3.01. The maximum absolute atomic E-state index is 12.2. The predicted molar refractivity (Wildman–Crippen MR) is 69.8 cm³/mol. The van der Waals surface area contributed by atoms with Crippen LogP contribution in [-0.4, -0.2) is 62.0 Å². The van der Waals surface area contributed by atoms with Gasteiger partial charge in [-0.25, -0.2) is 8.42 Å². The van der Waals surface area contributed by atoms with E-state index < -0.39 is 10.0 Å². The molecule has 1 saturated heterocycles. The number of nitrogens with zero attached hydrogens (tertiary/aromatic N) is 4. The van der Waals surface area contributed by atoms with E-state index in [0.717, 1.165) is 0 Å². The molecule has 19 heavy (non-hydrogen) atoms. The molecule has 0 aromatic carbocycles. The number of piperazine rings is 1. The minimum atomic E-state index is -3.36. The van der Waals surface area contributed by atoms with Crippen molar-refractivity contribution >= 4 is 16.0 Å². The highest BCUT2D eigenvalue weighted by Gasteiger charge is 2.28. The van der Waals surface area contributed by atoms with Gasteiger partial charge >= 0.3 is 0 Å². The monoisotopic (exact) mass is 287 g/mol. The summed E-state index contributed by atoms with van der Waals surface area (Å²) in [5, 5.41) is 3.62. The molecule has 1 aromatic rings. The lowest BCUT2D eigenvalue weighted by molar-refractivity contribution is 0.263. The lowest BCUT2D eigenvalue weighted by Crippen LogP contribution is -2.52. The minimum absolute atomic E-state index is 0.138. The molecule has 1 aliphatic rings. The van der Waals surface area contributed by atoms with Crippen LogP contribution in [0.3, 0.4) is 0 Å². The number of hydrogen-bond donors (Lipinski definition) is 1. The highest BCUT2D eigenvalue weighted by molar-refractivity contribution is 7.88. The summed E-state index contributed by atoms with van der Waals surface area (Å²) in [6, 6.07) is 1.55. The van der Waals surface area contributed by atoms with E-state index in [0.29, 0.717) is 37.8 Å². The molecule has 9 heteroatoms. The molecule has 1 aliphatic heterocycles. The summed E-state index contributed by atoms with van der Waals surface area (Å²) < 4.78 is 30.4. The van der Waals surface area contributed by atoms with Crippen molar-refractivity contribution in [3.8, 4) is 0 Å². The molecule has 0 saturated carbocycles. The molecule has 0 bridgehead atoms. The Balaban J connectivity index is 1.97. The standard InChI is InChI=1S/C10H17N5O3S/c1-12-10(11)14-3-5-15(6-4-14)19(16,17)8-9-2-7-18-13-9/h2,7H,3-6,8H2,1H3,(H2,11,12). The fraction of sp³-hybridized carbons (Fsp3) is 0.600. The van der Waals surface area contributed by atoms with E-state index in [4.69, 9.17) is 5.73 Å². The third kappa shape index (κ3) is 3.24. The second-order valence-corrected chi connectivity index (χ2v) is 6.18. The van der Waals surface area contributed by atoms with Crippen LogP contribution in [-0.2, 0) is 15.8 Å². The van der Waals surface area contributed by atoms with E-state index >= 15 is 0 Å². The number of nitrogens with two attached hydrogens (primary N) is 1. The Bertz CT molecular complexity index is 532. The topological polar surface area (TPSA) is 105 Å². The molecular formula is C10H17N5O3S. The highest BCUT2D eigenvalue weighted by Crippen LogP contribution is 2.12. The van der Waals surface area contributed by atoms with E-state index in [-0.39, 0.29) is 5.75 Å². The Morgan fingerprint density at radius 3 is 2.68 bits per heavy atom. The van der Waals surface area contributed by atoms with Crippen LogP contribution in [0, 0.1) is 0 Å². The fourth-order valence-corrected chi connectivity index (χ4v) is 3.35.